The van der Waals surface area contributed by atoms with Gasteiger partial charge in [0.1, 0.15) is 0 Å². The Balaban J connectivity index is 3.74. The highest BCUT2D eigenvalue weighted by molar-refractivity contribution is 7.42. The van der Waals surface area contributed by atoms with E-state index in [4.69, 9.17) is 4.52 Å². The second-order valence-corrected chi connectivity index (χ2v) is 3.99. The van der Waals surface area contributed by atoms with Crippen LogP contribution in [0.3, 0.4) is 0 Å². The largest absolute Gasteiger partial charge is 0.322 e. The molecule has 2 nitrogen and oxygen atoms in total. The minimum absolute atomic E-state index is 0.315. The van der Waals surface area contributed by atoms with Crippen LogP contribution in [0.5, 0.6) is 0 Å². The Labute approximate surface area is 56.8 Å². The monoisotopic (exact) mass is 148 g/mol. The summed E-state index contributed by atoms with van der Waals surface area (Å²) in [7, 11) is -1.97. The summed E-state index contributed by atoms with van der Waals surface area (Å²) in [5.74, 6) is 1.34. The molecule has 0 fully saturated rings. The Hall–Kier alpha value is -0.0700. The van der Waals surface area contributed by atoms with Gasteiger partial charge in [0.15, 0.2) is 0 Å². The maximum atomic E-state index is 10.7. The smallest absolute Gasteiger partial charge is 0.213 e. The van der Waals surface area contributed by atoms with Gasteiger partial charge in [0.25, 0.3) is 0 Å². The third-order valence-corrected chi connectivity index (χ3v) is 1.72. The molecule has 0 aromatic rings. The molecule has 0 bridgehead atoms. The van der Waals surface area contributed by atoms with Crippen molar-refractivity contribution in [3.05, 3.63) is 12.4 Å². The number of hydrogen-bond donors (Lipinski definition) is 0. The van der Waals surface area contributed by atoms with Crippen LogP contribution in [0.2, 0.25) is 0 Å². The third kappa shape index (κ3) is 5.81. The summed E-state index contributed by atoms with van der Waals surface area (Å²) in [4.78, 5) is 0. The molecule has 0 aliphatic carbocycles. The Kier molecular flexibility index (Phi) is 3.16. The number of hydrogen-bond acceptors (Lipinski definition) is 2. The van der Waals surface area contributed by atoms with E-state index < -0.39 is 8.03 Å². The van der Waals surface area contributed by atoms with Crippen LogP contribution in [0.4, 0.5) is 0 Å². The summed E-state index contributed by atoms with van der Waals surface area (Å²) in [6.45, 7) is 8.93. The van der Waals surface area contributed by atoms with Crippen molar-refractivity contribution in [1.82, 2.24) is 0 Å². The summed E-state index contributed by atoms with van der Waals surface area (Å²) in [5.41, 5.74) is -0.315. The molecule has 0 rings (SSSR count). The first-order valence-corrected chi connectivity index (χ1v) is 4.20. The van der Waals surface area contributed by atoms with Gasteiger partial charge in [-0.2, -0.15) is 0 Å². The Bertz CT molecular complexity index is 124. The van der Waals surface area contributed by atoms with Crippen molar-refractivity contribution in [2.24, 2.45) is 0 Å². The molecule has 9 heavy (non-hydrogen) atoms. The fourth-order valence-corrected chi connectivity index (χ4v) is 1.03. The van der Waals surface area contributed by atoms with Crippen molar-refractivity contribution in [3.63, 3.8) is 0 Å². The summed E-state index contributed by atoms with van der Waals surface area (Å²) in [6, 6.07) is 0. The van der Waals surface area contributed by atoms with Gasteiger partial charge in [-0.25, -0.2) is 0 Å². The lowest BCUT2D eigenvalue weighted by molar-refractivity contribution is 0.146. The molecule has 0 saturated heterocycles. The second kappa shape index (κ2) is 3.19. The van der Waals surface area contributed by atoms with Gasteiger partial charge in [0.05, 0.1) is 5.60 Å². The van der Waals surface area contributed by atoms with E-state index in [-0.39, 0.29) is 5.60 Å². The van der Waals surface area contributed by atoms with Gasteiger partial charge in [-0.1, -0.05) is 6.58 Å². The van der Waals surface area contributed by atoms with Gasteiger partial charge in [0, 0.05) is 0 Å². The zero-order chi connectivity index (χ0) is 7.49. The molecule has 0 saturated carbocycles. The average Bonchev–Trinajstić information content (AvgIpc) is 1.62. The van der Waals surface area contributed by atoms with Gasteiger partial charge in [-0.05, 0) is 26.6 Å². The Morgan fingerprint density at radius 3 is 2.11 bits per heavy atom. The van der Waals surface area contributed by atoms with E-state index in [1.807, 2.05) is 20.8 Å². The standard InChI is InChI=1S/C6H13O2P/c1-5-9(7)8-6(2,3)4/h5,9H,1H2,2-4H3. The lowest BCUT2D eigenvalue weighted by atomic mass is 10.2. The minimum atomic E-state index is -1.97. The quantitative estimate of drug-likeness (QED) is 0.562. The van der Waals surface area contributed by atoms with Gasteiger partial charge in [-0.3, -0.25) is 4.57 Å². The highest BCUT2D eigenvalue weighted by atomic mass is 31.1. The molecule has 0 spiro atoms. The summed E-state index contributed by atoms with van der Waals surface area (Å²) < 4.78 is 15.7. The molecule has 54 valence electrons. The van der Waals surface area contributed by atoms with E-state index in [0.717, 1.165) is 0 Å². The second-order valence-electron chi connectivity index (χ2n) is 2.74. The molecule has 1 unspecified atom stereocenters. The van der Waals surface area contributed by atoms with Crippen LogP contribution in [0, 0.1) is 0 Å². The van der Waals surface area contributed by atoms with E-state index in [0.29, 0.717) is 0 Å². The lowest BCUT2D eigenvalue weighted by Crippen LogP contribution is -2.13. The normalized spacial score (nSPS) is 15.0. The number of rotatable bonds is 2. The van der Waals surface area contributed by atoms with E-state index in [9.17, 15) is 4.57 Å². The highest BCUT2D eigenvalue weighted by Crippen LogP contribution is 2.29. The van der Waals surface area contributed by atoms with Crippen molar-refractivity contribution in [2.45, 2.75) is 26.4 Å². The zero-order valence-corrected chi connectivity index (χ0v) is 7.10. The third-order valence-electron chi connectivity index (χ3n) is 0.573. The van der Waals surface area contributed by atoms with E-state index >= 15 is 0 Å². The SMILES string of the molecule is C=C[PH](=O)OC(C)(C)C. The predicted octanol–water partition coefficient (Wildman–Crippen LogP) is 2.42. The van der Waals surface area contributed by atoms with Crippen LogP contribution < -0.4 is 0 Å². The molecule has 0 amide bonds. The summed E-state index contributed by atoms with van der Waals surface area (Å²) in [6.07, 6.45) is 0. The van der Waals surface area contributed by atoms with Crippen LogP contribution in [-0.2, 0) is 9.09 Å². The molecule has 0 N–H and O–H groups in total. The lowest BCUT2D eigenvalue weighted by Gasteiger charge is -2.16. The van der Waals surface area contributed by atoms with E-state index in [1.165, 1.54) is 5.82 Å². The molecule has 3 heteroatoms. The van der Waals surface area contributed by atoms with E-state index in [2.05, 4.69) is 6.58 Å². The first kappa shape index (κ1) is 8.93. The Morgan fingerprint density at radius 2 is 2.00 bits per heavy atom. The predicted molar refractivity (Wildman–Crippen MR) is 40.0 cm³/mol. The van der Waals surface area contributed by atoms with Crippen molar-refractivity contribution in [2.75, 3.05) is 0 Å². The molecular weight excluding hydrogens is 135 g/mol. The molecule has 0 aliphatic heterocycles. The van der Waals surface area contributed by atoms with Crippen molar-refractivity contribution < 1.29 is 9.09 Å². The Morgan fingerprint density at radius 1 is 1.56 bits per heavy atom. The van der Waals surface area contributed by atoms with Crippen molar-refractivity contribution >= 4 is 8.03 Å². The zero-order valence-electron chi connectivity index (χ0n) is 6.10. The maximum absolute atomic E-state index is 10.7. The average molecular weight is 148 g/mol. The highest BCUT2D eigenvalue weighted by Gasteiger charge is 2.11. The first-order chi connectivity index (χ1) is 3.95. The fraction of sp³-hybridized carbons (Fsp3) is 0.667. The minimum Gasteiger partial charge on any atom is -0.322 e. The van der Waals surface area contributed by atoms with Crippen LogP contribution in [-0.4, -0.2) is 5.60 Å². The molecular formula is C6H13O2P. The van der Waals surface area contributed by atoms with Crippen LogP contribution >= 0.6 is 8.03 Å². The topological polar surface area (TPSA) is 26.3 Å². The first-order valence-electron chi connectivity index (χ1n) is 2.81. The molecule has 0 aromatic heterocycles. The maximum Gasteiger partial charge on any atom is 0.213 e. The summed E-state index contributed by atoms with van der Waals surface area (Å²) >= 11 is 0. The van der Waals surface area contributed by atoms with Gasteiger partial charge >= 0.3 is 0 Å². The van der Waals surface area contributed by atoms with E-state index in [1.54, 1.807) is 0 Å². The van der Waals surface area contributed by atoms with Crippen LogP contribution in [0.25, 0.3) is 0 Å². The molecule has 0 aromatic carbocycles. The van der Waals surface area contributed by atoms with Gasteiger partial charge < -0.3 is 4.52 Å². The molecule has 0 heterocycles. The molecule has 0 radical (unpaired) electrons. The summed E-state index contributed by atoms with van der Waals surface area (Å²) in [5, 5.41) is 0. The van der Waals surface area contributed by atoms with Crippen LogP contribution in [0.15, 0.2) is 12.4 Å². The van der Waals surface area contributed by atoms with Gasteiger partial charge in [0.2, 0.25) is 8.03 Å². The fourth-order valence-electron chi connectivity index (χ4n) is 0.343. The van der Waals surface area contributed by atoms with Crippen molar-refractivity contribution in [3.8, 4) is 0 Å². The molecule has 1 atom stereocenters. The molecule has 0 aliphatic rings. The van der Waals surface area contributed by atoms with Crippen molar-refractivity contribution in [1.29, 1.82) is 0 Å². The van der Waals surface area contributed by atoms with Gasteiger partial charge in [-0.15, -0.1) is 0 Å². The van der Waals surface area contributed by atoms with Crippen LogP contribution in [0.1, 0.15) is 20.8 Å².